The number of fused-ring (bicyclic) bond motifs is 1. The fourth-order valence-corrected chi connectivity index (χ4v) is 3.76. The molecule has 0 saturated carbocycles. The molecule has 0 aromatic carbocycles. The van der Waals surface area contributed by atoms with Crippen LogP contribution < -0.4 is 10.5 Å². The molecule has 25 heavy (non-hydrogen) atoms. The molecule has 2 aromatic heterocycles. The van der Waals surface area contributed by atoms with Crippen LogP contribution in [0.5, 0.6) is 6.01 Å². The molecule has 0 aliphatic rings. The lowest BCUT2D eigenvalue weighted by atomic mass is 10.5. The normalized spacial score (nSPS) is 12.0. The van der Waals surface area contributed by atoms with Crippen molar-refractivity contribution in [2.45, 2.75) is 20.4 Å². The van der Waals surface area contributed by atoms with Crippen molar-refractivity contribution in [1.82, 2.24) is 19.5 Å². The quantitative estimate of drug-likeness (QED) is 0.463. The maximum absolute atomic E-state index is 12.6. The molecule has 0 atom stereocenters. The molecular weight excluding hydrogens is 349 g/mol. The lowest BCUT2D eigenvalue weighted by Crippen LogP contribution is -2.10. The van der Waals surface area contributed by atoms with E-state index in [1.54, 1.807) is 31.9 Å². The zero-order valence-electron chi connectivity index (χ0n) is 14.7. The number of hydrogen-bond donors (Lipinski definition) is 1. The van der Waals surface area contributed by atoms with E-state index in [0.717, 1.165) is 0 Å². The summed E-state index contributed by atoms with van der Waals surface area (Å²) in [5, 5.41) is 0. The molecule has 0 fully saturated rings. The Kier molecular flexibility index (Phi) is 7.12. The molecule has 0 aliphatic heterocycles. The van der Waals surface area contributed by atoms with Gasteiger partial charge >= 0.3 is 13.6 Å². The predicted molar refractivity (Wildman–Crippen MR) is 92.8 cm³/mol. The van der Waals surface area contributed by atoms with E-state index in [4.69, 9.17) is 24.3 Å². The molecule has 2 N–H and O–H groups in total. The van der Waals surface area contributed by atoms with Crippen LogP contribution in [0, 0.1) is 0 Å². The molecule has 0 aliphatic carbocycles. The highest BCUT2D eigenvalue weighted by atomic mass is 31.2. The van der Waals surface area contributed by atoms with Crippen molar-refractivity contribution in [3.8, 4) is 6.01 Å². The molecule has 0 amide bonds. The van der Waals surface area contributed by atoms with Crippen molar-refractivity contribution in [1.29, 1.82) is 0 Å². The van der Waals surface area contributed by atoms with Crippen molar-refractivity contribution in [3.63, 3.8) is 0 Å². The first-order valence-electron chi connectivity index (χ1n) is 8.01. The predicted octanol–water partition coefficient (Wildman–Crippen LogP) is 1.70. The SMILES string of the molecule is CCOP(=O)(CCn1cnc2c(N)nc(OCCOC)nc21)OCC. The number of rotatable bonds is 11. The third-order valence-corrected chi connectivity index (χ3v) is 5.31. The van der Waals surface area contributed by atoms with Crippen LogP contribution >= 0.6 is 7.60 Å². The highest BCUT2D eigenvalue weighted by Gasteiger charge is 2.24. The molecule has 11 heteroatoms. The van der Waals surface area contributed by atoms with Crippen LogP contribution in [0.1, 0.15) is 13.8 Å². The van der Waals surface area contributed by atoms with Gasteiger partial charge in [0, 0.05) is 13.7 Å². The van der Waals surface area contributed by atoms with Gasteiger partial charge in [-0.05, 0) is 13.8 Å². The number of nitrogens with zero attached hydrogens (tertiary/aromatic N) is 4. The van der Waals surface area contributed by atoms with Gasteiger partial charge in [0.15, 0.2) is 17.0 Å². The second-order valence-corrected chi connectivity index (χ2v) is 7.20. The number of methoxy groups -OCH3 is 1. The van der Waals surface area contributed by atoms with E-state index in [-0.39, 0.29) is 18.0 Å². The maximum Gasteiger partial charge on any atom is 0.332 e. The van der Waals surface area contributed by atoms with Gasteiger partial charge in [-0.2, -0.15) is 9.97 Å². The van der Waals surface area contributed by atoms with E-state index in [2.05, 4.69) is 15.0 Å². The molecule has 2 heterocycles. The summed E-state index contributed by atoms with van der Waals surface area (Å²) in [5.74, 6) is 0.217. The first-order valence-corrected chi connectivity index (χ1v) is 9.74. The Hall–Kier alpha value is -1.74. The van der Waals surface area contributed by atoms with Gasteiger partial charge in [-0.15, -0.1) is 0 Å². The highest BCUT2D eigenvalue weighted by Crippen LogP contribution is 2.48. The van der Waals surface area contributed by atoms with Crippen LogP contribution in [0.3, 0.4) is 0 Å². The average Bonchev–Trinajstić information content (AvgIpc) is 2.97. The van der Waals surface area contributed by atoms with Crippen molar-refractivity contribution < 1.29 is 23.1 Å². The number of hydrogen-bond acceptors (Lipinski definition) is 9. The first kappa shape index (κ1) is 19.6. The van der Waals surface area contributed by atoms with Gasteiger partial charge in [0.2, 0.25) is 0 Å². The van der Waals surface area contributed by atoms with Crippen LogP contribution in [-0.2, 0) is 24.9 Å². The minimum Gasteiger partial charge on any atom is -0.461 e. The summed E-state index contributed by atoms with van der Waals surface area (Å²) in [6, 6.07) is 0.140. The van der Waals surface area contributed by atoms with Gasteiger partial charge in [0.1, 0.15) is 6.61 Å². The summed E-state index contributed by atoms with van der Waals surface area (Å²) >= 11 is 0. The molecule has 0 unspecified atom stereocenters. The van der Waals surface area contributed by atoms with E-state index in [0.29, 0.717) is 44.1 Å². The number of anilines is 1. The van der Waals surface area contributed by atoms with Crippen LogP contribution in [0.25, 0.3) is 11.2 Å². The third-order valence-electron chi connectivity index (χ3n) is 3.26. The monoisotopic (exact) mass is 373 g/mol. The topological polar surface area (TPSA) is 124 Å². The Morgan fingerprint density at radius 1 is 1.20 bits per heavy atom. The van der Waals surface area contributed by atoms with Crippen molar-refractivity contribution in [3.05, 3.63) is 6.33 Å². The fraction of sp³-hybridized carbons (Fsp3) is 0.643. The third kappa shape index (κ3) is 5.12. The van der Waals surface area contributed by atoms with Crippen LogP contribution in [-0.4, -0.2) is 59.2 Å². The van der Waals surface area contributed by atoms with E-state index in [1.165, 1.54) is 0 Å². The first-order chi connectivity index (χ1) is 12.0. The molecule has 0 spiro atoms. The van der Waals surface area contributed by atoms with E-state index in [1.807, 2.05) is 0 Å². The van der Waals surface area contributed by atoms with Gasteiger partial charge in [-0.3, -0.25) is 4.57 Å². The van der Waals surface area contributed by atoms with Gasteiger partial charge in [0.25, 0.3) is 0 Å². The Labute approximate surface area is 146 Å². The number of ether oxygens (including phenoxy) is 2. The van der Waals surface area contributed by atoms with Crippen molar-refractivity contribution in [2.75, 3.05) is 45.4 Å². The van der Waals surface area contributed by atoms with E-state index >= 15 is 0 Å². The lowest BCUT2D eigenvalue weighted by Gasteiger charge is -2.17. The summed E-state index contributed by atoms with van der Waals surface area (Å²) in [6.07, 6.45) is 1.76. The molecule has 140 valence electrons. The van der Waals surface area contributed by atoms with Gasteiger partial charge in [-0.25, -0.2) is 4.98 Å². The number of aromatic nitrogens is 4. The Morgan fingerprint density at radius 2 is 1.92 bits per heavy atom. The average molecular weight is 373 g/mol. The van der Waals surface area contributed by atoms with Crippen molar-refractivity contribution >= 4 is 24.6 Å². The molecular formula is C14H24N5O5P. The number of imidazole rings is 1. The number of nitrogen functional groups attached to an aromatic ring is 1. The summed E-state index contributed by atoms with van der Waals surface area (Å²) in [4.78, 5) is 12.6. The lowest BCUT2D eigenvalue weighted by molar-refractivity contribution is 0.141. The second kappa shape index (κ2) is 9.10. The van der Waals surface area contributed by atoms with Crippen LogP contribution in [0.4, 0.5) is 5.82 Å². The molecule has 0 saturated heterocycles. The van der Waals surface area contributed by atoms with Crippen LogP contribution in [0.2, 0.25) is 0 Å². The second-order valence-electron chi connectivity index (χ2n) is 5.01. The number of aryl methyl sites for hydroxylation is 1. The number of nitrogens with two attached hydrogens (primary N) is 1. The standard InChI is InChI=1S/C14H24N5O5P/c1-4-23-25(20,24-5-2)9-6-19-10-16-11-12(15)17-14(18-13(11)19)22-8-7-21-3/h10H,4-9H2,1-3H3,(H2,15,17,18). The summed E-state index contributed by atoms with van der Waals surface area (Å²) in [6.45, 7) is 5.24. The molecule has 2 aromatic rings. The Morgan fingerprint density at radius 3 is 2.56 bits per heavy atom. The zero-order chi connectivity index (χ0) is 18.3. The molecule has 0 radical (unpaired) electrons. The van der Waals surface area contributed by atoms with Gasteiger partial charge in [0.05, 0.1) is 32.3 Å². The largest absolute Gasteiger partial charge is 0.461 e. The smallest absolute Gasteiger partial charge is 0.332 e. The minimum absolute atomic E-state index is 0.140. The van der Waals surface area contributed by atoms with Gasteiger partial charge in [-0.1, -0.05) is 0 Å². The molecule has 2 rings (SSSR count). The van der Waals surface area contributed by atoms with Crippen molar-refractivity contribution in [2.24, 2.45) is 0 Å². The molecule has 0 bridgehead atoms. The minimum atomic E-state index is -3.15. The Balaban J connectivity index is 2.19. The van der Waals surface area contributed by atoms with E-state index in [9.17, 15) is 4.57 Å². The van der Waals surface area contributed by atoms with Crippen LogP contribution in [0.15, 0.2) is 6.33 Å². The van der Waals surface area contributed by atoms with Gasteiger partial charge < -0.3 is 28.8 Å². The Bertz CT molecular complexity index is 728. The summed E-state index contributed by atoms with van der Waals surface area (Å²) < 4.78 is 35.2. The van der Waals surface area contributed by atoms with E-state index < -0.39 is 7.60 Å². The summed E-state index contributed by atoms with van der Waals surface area (Å²) in [7, 11) is -1.58. The highest BCUT2D eigenvalue weighted by molar-refractivity contribution is 7.53. The zero-order valence-corrected chi connectivity index (χ0v) is 15.6. The fourth-order valence-electron chi connectivity index (χ4n) is 2.18. The molecule has 10 nitrogen and oxygen atoms in total. The summed E-state index contributed by atoms with van der Waals surface area (Å²) in [5.41, 5.74) is 6.87. The maximum atomic E-state index is 12.6.